The minimum atomic E-state index is 0.573. The van der Waals surface area contributed by atoms with Crippen LogP contribution in [0, 0.1) is 11.3 Å². The van der Waals surface area contributed by atoms with Crippen LogP contribution in [-0.4, -0.2) is 9.97 Å². The monoisotopic (exact) mass is 336 g/mol. The number of benzene rings is 1. The number of nitriles is 1. The largest absolute Gasteiger partial charge is 0.324 e. The van der Waals surface area contributed by atoms with Gasteiger partial charge in [-0.1, -0.05) is 22.6 Å². The Morgan fingerprint density at radius 2 is 2.00 bits per heavy atom. The van der Waals surface area contributed by atoms with E-state index in [1.807, 2.05) is 18.2 Å². The molecule has 0 aliphatic rings. The molecule has 5 heteroatoms. The molecule has 4 nitrogen and oxygen atoms in total. The molecule has 84 valence electrons. The predicted octanol–water partition coefficient (Wildman–Crippen LogP) is 3.03. The van der Waals surface area contributed by atoms with E-state index in [1.165, 1.54) is 0 Å². The predicted molar refractivity (Wildman–Crippen MR) is 74.2 cm³/mol. The van der Waals surface area contributed by atoms with Crippen LogP contribution in [0.2, 0.25) is 0 Å². The molecule has 1 aromatic heterocycles. The second-order valence-corrected chi connectivity index (χ2v) is 4.08. The van der Waals surface area contributed by atoms with Crippen molar-refractivity contribution in [2.45, 2.75) is 4.43 Å². The average Bonchev–Trinajstić information content (AvgIpc) is 2.40. The Balaban J connectivity index is 2.16. The molecule has 0 atom stereocenters. The summed E-state index contributed by atoms with van der Waals surface area (Å²) in [4.78, 5) is 8.47. The number of nitrogens with zero attached hydrogens (tertiary/aromatic N) is 3. The van der Waals surface area contributed by atoms with E-state index in [-0.39, 0.29) is 0 Å². The Kier molecular flexibility index (Phi) is 3.88. The molecule has 0 amide bonds. The quantitative estimate of drug-likeness (QED) is 0.691. The van der Waals surface area contributed by atoms with E-state index in [9.17, 15) is 0 Å². The third-order valence-corrected chi connectivity index (χ3v) is 2.90. The van der Waals surface area contributed by atoms with Crippen molar-refractivity contribution >= 4 is 34.2 Å². The summed E-state index contributed by atoms with van der Waals surface area (Å²) in [5.74, 6) is 0.573. The summed E-state index contributed by atoms with van der Waals surface area (Å²) >= 11 is 2.26. The molecule has 0 saturated heterocycles. The van der Waals surface area contributed by atoms with Crippen LogP contribution in [0.3, 0.4) is 0 Å². The maximum Gasteiger partial charge on any atom is 0.227 e. The highest BCUT2D eigenvalue weighted by Crippen LogP contribution is 2.14. The molecule has 2 rings (SSSR count). The van der Waals surface area contributed by atoms with Crippen LogP contribution in [0.4, 0.5) is 11.6 Å². The fraction of sp³-hybridized carbons (Fsp3) is 0.0833. The van der Waals surface area contributed by atoms with Gasteiger partial charge >= 0.3 is 0 Å². The topological polar surface area (TPSA) is 61.6 Å². The van der Waals surface area contributed by atoms with Gasteiger partial charge in [0.15, 0.2) is 0 Å². The average molecular weight is 336 g/mol. The van der Waals surface area contributed by atoms with E-state index < -0.39 is 0 Å². The van der Waals surface area contributed by atoms with E-state index >= 15 is 0 Å². The molecule has 1 N–H and O–H groups in total. The summed E-state index contributed by atoms with van der Waals surface area (Å²) in [6.07, 6.45) is 1.73. The molecule has 0 unspecified atom stereocenters. The van der Waals surface area contributed by atoms with Crippen LogP contribution in [-0.2, 0) is 4.43 Å². The standard InChI is InChI=1S/C12H9IN4/c13-7-11-5-6-15-12(17-11)16-10-3-1-9(8-14)2-4-10/h1-6H,7H2,(H,15,16,17). The summed E-state index contributed by atoms with van der Waals surface area (Å²) in [6, 6.07) is 11.1. The molecular formula is C12H9IN4. The van der Waals surface area contributed by atoms with E-state index in [2.05, 4.69) is 43.9 Å². The Morgan fingerprint density at radius 3 is 2.65 bits per heavy atom. The highest BCUT2D eigenvalue weighted by Gasteiger charge is 1.99. The van der Waals surface area contributed by atoms with Gasteiger partial charge in [0, 0.05) is 16.3 Å². The Labute approximate surface area is 113 Å². The molecule has 17 heavy (non-hydrogen) atoms. The summed E-state index contributed by atoms with van der Waals surface area (Å²) in [7, 11) is 0. The smallest absolute Gasteiger partial charge is 0.227 e. The van der Waals surface area contributed by atoms with Crippen molar-refractivity contribution in [2.24, 2.45) is 0 Å². The highest BCUT2D eigenvalue weighted by molar-refractivity contribution is 14.1. The number of aromatic nitrogens is 2. The first-order valence-corrected chi connectivity index (χ1v) is 6.49. The molecule has 0 bridgehead atoms. The molecule has 0 aliphatic heterocycles. The van der Waals surface area contributed by atoms with Crippen LogP contribution in [0.15, 0.2) is 36.5 Å². The molecule has 0 aliphatic carbocycles. The molecule has 0 saturated carbocycles. The normalized spacial score (nSPS) is 9.65. The fourth-order valence-corrected chi connectivity index (χ4v) is 1.71. The molecule has 1 heterocycles. The number of hydrogen-bond donors (Lipinski definition) is 1. The lowest BCUT2D eigenvalue weighted by atomic mass is 10.2. The molecule has 2 aromatic rings. The molecular weight excluding hydrogens is 327 g/mol. The van der Waals surface area contributed by atoms with Gasteiger partial charge in [-0.25, -0.2) is 9.97 Å². The van der Waals surface area contributed by atoms with Crippen LogP contribution in [0.5, 0.6) is 0 Å². The van der Waals surface area contributed by atoms with Crippen LogP contribution >= 0.6 is 22.6 Å². The van der Waals surface area contributed by atoms with Crippen molar-refractivity contribution in [3.05, 3.63) is 47.8 Å². The highest BCUT2D eigenvalue weighted by atomic mass is 127. The zero-order chi connectivity index (χ0) is 12.1. The summed E-state index contributed by atoms with van der Waals surface area (Å²) in [6.45, 7) is 0. The van der Waals surface area contributed by atoms with Crippen molar-refractivity contribution in [1.29, 1.82) is 5.26 Å². The van der Waals surface area contributed by atoms with Gasteiger partial charge < -0.3 is 5.32 Å². The lowest BCUT2D eigenvalue weighted by Gasteiger charge is -2.05. The van der Waals surface area contributed by atoms with Crippen LogP contribution < -0.4 is 5.32 Å². The lowest BCUT2D eigenvalue weighted by Crippen LogP contribution is -1.98. The maximum atomic E-state index is 8.69. The second kappa shape index (κ2) is 5.59. The number of hydrogen-bond acceptors (Lipinski definition) is 4. The zero-order valence-corrected chi connectivity index (χ0v) is 11.0. The fourth-order valence-electron chi connectivity index (χ4n) is 1.29. The molecule has 1 aromatic carbocycles. The SMILES string of the molecule is N#Cc1ccc(Nc2nccc(CI)n2)cc1. The van der Waals surface area contributed by atoms with Crippen LogP contribution in [0.25, 0.3) is 0 Å². The van der Waals surface area contributed by atoms with E-state index in [4.69, 9.17) is 5.26 Å². The molecule has 0 spiro atoms. The van der Waals surface area contributed by atoms with Gasteiger partial charge in [0.05, 0.1) is 17.3 Å². The van der Waals surface area contributed by atoms with Gasteiger partial charge in [-0.3, -0.25) is 0 Å². The van der Waals surface area contributed by atoms with Gasteiger partial charge in [0.25, 0.3) is 0 Å². The third kappa shape index (κ3) is 3.14. The van der Waals surface area contributed by atoms with Crippen LogP contribution in [0.1, 0.15) is 11.3 Å². The summed E-state index contributed by atoms with van der Waals surface area (Å²) in [5.41, 5.74) is 2.49. The number of anilines is 2. The van der Waals surface area contributed by atoms with Crippen molar-refractivity contribution < 1.29 is 0 Å². The Hall–Kier alpha value is -1.68. The lowest BCUT2D eigenvalue weighted by molar-refractivity contribution is 1.10. The van der Waals surface area contributed by atoms with Crippen molar-refractivity contribution in [3.63, 3.8) is 0 Å². The Bertz CT molecular complexity index is 545. The number of nitrogens with one attached hydrogen (secondary N) is 1. The van der Waals surface area contributed by atoms with Gasteiger partial charge in [-0.15, -0.1) is 0 Å². The number of rotatable bonds is 3. The third-order valence-electron chi connectivity index (χ3n) is 2.12. The van der Waals surface area contributed by atoms with Crippen molar-refractivity contribution in [2.75, 3.05) is 5.32 Å². The van der Waals surface area contributed by atoms with Gasteiger partial charge in [0.2, 0.25) is 5.95 Å². The minimum Gasteiger partial charge on any atom is -0.324 e. The minimum absolute atomic E-state index is 0.573. The molecule has 0 radical (unpaired) electrons. The first-order valence-electron chi connectivity index (χ1n) is 4.97. The van der Waals surface area contributed by atoms with Gasteiger partial charge in [-0.05, 0) is 30.3 Å². The van der Waals surface area contributed by atoms with E-state index in [0.29, 0.717) is 11.5 Å². The van der Waals surface area contributed by atoms with E-state index in [0.717, 1.165) is 15.8 Å². The van der Waals surface area contributed by atoms with Crippen molar-refractivity contribution in [1.82, 2.24) is 9.97 Å². The van der Waals surface area contributed by atoms with E-state index in [1.54, 1.807) is 18.3 Å². The number of alkyl halides is 1. The first kappa shape index (κ1) is 11.8. The van der Waals surface area contributed by atoms with Gasteiger partial charge in [0.1, 0.15) is 0 Å². The maximum absolute atomic E-state index is 8.69. The first-order chi connectivity index (χ1) is 8.31. The number of halogens is 1. The van der Waals surface area contributed by atoms with Gasteiger partial charge in [-0.2, -0.15) is 5.26 Å². The zero-order valence-electron chi connectivity index (χ0n) is 8.89. The summed E-state index contributed by atoms with van der Waals surface area (Å²) in [5, 5.41) is 11.8. The van der Waals surface area contributed by atoms with Crippen molar-refractivity contribution in [3.8, 4) is 6.07 Å². The Morgan fingerprint density at radius 1 is 1.24 bits per heavy atom. The second-order valence-electron chi connectivity index (χ2n) is 3.32. The summed E-state index contributed by atoms with van der Waals surface area (Å²) < 4.78 is 0.850. The molecule has 0 fully saturated rings.